The van der Waals surface area contributed by atoms with Crippen LogP contribution in [0.2, 0.25) is 0 Å². The molecule has 1 fully saturated rings. The van der Waals surface area contributed by atoms with Crippen molar-refractivity contribution in [3.05, 3.63) is 36.4 Å². The van der Waals surface area contributed by atoms with Gasteiger partial charge in [-0.2, -0.15) is 5.10 Å². The fourth-order valence-corrected chi connectivity index (χ4v) is 2.34. The molecule has 92 valence electrons. The van der Waals surface area contributed by atoms with Crippen LogP contribution in [0.1, 0.15) is 32.1 Å². The van der Waals surface area contributed by atoms with Crippen molar-refractivity contribution < 1.29 is 0 Å². The molecule has 0 spiro atoms. The average molecular weight is 239 g/mol. The van der Waals surface area contributed by atoms with Crippen LogP contribution in [0.25, 0.3) is 10.9 Å². The zero-order chi connectivity index (χ0) is 12.2. The second kappa shape index (κ2) is 5.17. The fourth-order valence-electron chi connectivity index (χ4n) is 2.34. The normalized spacial score (nSPS) is 15.7. The Morgan fingerprint density at radius 2 is 1.78 bits per heavy atom. The van der Waals surface area contributed by atoms with Gasteiger partial charge in [-0.3, -0.25) is 5.43 Å². The van der Waals surface area contributed by atoms with Crippen LogP contribution in [0.15, 0.2) is 41.5 Å². The number of para-hydroxylation sites is 1. The van der Waals surface area contributed by atoms with Crippen molar-refractivity contribution in [3.63, 3.8) is 0 Å². The van der Waals surface area contributed by atoms with Crippen molar-refractivity contribution in [1.82, 2.24) is 4.98 Å². The Bertz CT molecular complexity index is 567. The predicted molar refractivity (Wildman–Crippen MR) is 75.9 cm³/mol. The number of hydrogen-bond donors (Lipinski definition) is 1. The fraction of sp³-hybridized carbons (Fsp3) is 0.333. The molecule has 0 radical (unpaired) electrons. The van der Waals surface area contributed by atoms with Crippen molar-refractivity contribution in [3.8, 4) is 0 Å². The van der Waals surface area contributed by atoms with E-state index in [1.54, 1.807) is 0 Å². The number of anilines is 1. The molecule has 2 aromatic rings. The van der Waals surface area contributed by atoms with Crippen molar-refractivity contribution in [2.24, 2.45) is 5.10 Å². The second-order valence-electron chi connectivity index (χ2n) is 4.74. The molecule has 0 unspecified atom stereocenters. The minimum absolute atomic E-state index is 0.826. The predicted octanol–water partition coefficient (Wildman–Crippen LogP) is 3.97. The summed E-state index contributed by atoms with van der Waals surface area (Å²) >= 11 is 0. The van der Waals surface area contributed by atoms with Gasteiger partial charge < -0.3 is 0 Å². The highest BCUT2D eigenvalue weighted by atomic mass is 15.3. The minimum atomic E-state index is 0.826. The smallest absolute Gasteiger partial charge is 0.146 e. The first kappa shape index (κ1) is 11.2. The number of benzene rings is 1. The second-order valence-corrected chi connectivity index (χ2v) is 4.74. The molecule has 3 heteroatoms. The first-order chi connectivity index (χ1) is 8.92. The highest BCUT2D eigenvalue weighted by Gasteiger charge is 2.06. The van der Waals surface area contributed by atoms with Crippen LogP contribution in [0.5, 0.6) is 0 Å². The summed E-state index contributed by atoms with van der Waals surface area (Å²) in [6.07, 6.45) is 6.13. The first-order valence-corrected chi connectivity index (χ1v) is 6.59. The van der Waals surface area contributed by atoms with Gasteiger partial charge in [-0.05, 0) is 43.9 Å². The van der Waals surface area contributed by atoms with Crippen molar-refractivity contribution >= 4 is 22.4 Å². The van der Waals surface area contributed by atoms with Crippen LogP contribution in [0, 0.1) is 0 Å². The summed E-state index contributed by atoms with van der Waals surface area (Å²) in [5.41, 5.74) is 5.36. The maximum absolute atomic E-state index is 4.54. The van der Waals surface area contributed by atoms with E-state index in [2.05, 4.69) is 27.6 Å². The van der Waals surface area contributed by atoms with Gasteiger partial charge in [0.15, 0.2) is 0 Å². The molecule has 1 aromatic heterocycles. The van der Waals surface area contributed by atoms with Gasteiger partial charge in [-0.25, -0.2) is 4.98 Å². The third-order valence-electron chi connectivity index (χ3n) is 3.36. The lowest BCUT2D eigenvalue weighted by atomic mass is 9.99. The number of nitrogens with one attached hydrogen (secondary N) is 1. The van der Waals surface area contributed by atoms with E-state index in [0.29, 0.717) is 0 Å². The van der Waals surface area contributed by atoms with Gasteiger partial charge in [-0.15, -0.1) is 0 Å². The van der Waals surface area contributed by atoms with Gasteiger partial charge in [0.2, 0.25) is 0 Å². The highest BCUT2D eigenvalue weighted by molar-refractivity contribution is 5.86. The molecule has 1 heterocycles. The number of hydrazone groups is 1. The molecule has 1 aliphatic carbocycles. The Balaban J connectivity index is 1.78. The van der Waals surface area contributed by atoms with E-state index in [9.17, 15) is 0 Å². The summed E-state index contributed by atoms with van der Waals surface area (Å²) in [5.74, 6) is 0.826. The Kier molecular flexibility index (Phi) is 3.22. The molecule has 0 amide bonds. The third-order valence-corrected chi connectivity index (χ3v) is 3.36. The molecule has 1 aromatic carbocycles. The maximum Gasteiger partial charge on any atom is 0.146 e. The molecular formula is C15H17N3. The van der Waals surface area contributed by atoms with E-state index in [-0.39, 0.29) is 0 Å². The van der Waals surface area contributed by atoms with Crippen molar-refractivity contribution in [2.45, 2.75) is 32.1 Å². The van der Waals surface area contributed by atoms with E-state index in [0.717, 1.165) is 29.6 Å². The molecule has 18 heavy (non-hydrogen) atoms. The van der Waals surface area contributed by atoms with Crippen molar-refractivity contribution in [2.75, 3.05) is 5.43 Å². The van der Waals surface area contributed by atoms with Crippen LogP contribution in [-0.2, 0) is 0 Å². The standard InChI is InChI=1S/C15H17N3/c1-2-7-13(8-3-1)17-18-15-11-10-12-6-4-5-9-14(12)16-15/h4-6,9-11H,1-3,7-8H2,(H,16,18). The molecule has 0 saturated heterocycles. The first-order valence-electron chi connectivity index (χ1n) is 6.59. The Labute approximate surface area is 107 Å². The van der Waals surface area contributed by atoms with Gasteiger partial charge in [0.05, 0.1) is 5.52 Å². The zero-order valence-corrected chi connectivity index (χ0v) is 10.4. The molecule has 1 saturated carbocycles. The van der Waals surface area contributed by atoms with E-state index in [1.807, 2.05) is 24.3 Å². The number of hydrogen-bond acceptors (Lipinski definition) is 3. The monoisotopic (exact) mass is 239 g/mol. The average Bonchev–Trinajstić information content (AvgIpc) is 2.46. The summed E-state index contributed by atoms with van der Waals surface area (Å²) in [5, 5.41) is 5.62. The van der Waals surface area contributed by atoms with E-state index >= 15 is 0 Å². The van der Waals surface area contributed by atoms with Gasteiger partial charge in [0, 0.05) is 11.1 Å². The van der Waals surface area contributed by atoms with E-state index in [1.165, 1.54) is 25.0 Å². The van der Waals surface area contributed by atoms with Crippen molar-refractivity contribution in [1.29, 1.82) is 0 Å². The number of rotatable bonds is 2. The van der Waals surface area contributed by atoms with Crippen LogP contribution in [-0.4, -0.2) is 10.7 Å². The van der Waals surface area contributed by atoms with Gasteiger partial charge in [0.1, 0.15) is 5.82 Å². The topological polar surface area (TPSA) is 37.3 Å². The largest absolute Gasteiger partial charge is 0.261 e. The van der Waals surface area contributed by atoms with E-state index in [4.69, 9.17) is 0 Å². The molecule has 1 aliphatic rings. The summed E-state index contributed by atoms with van der Waals surface area (Å²) in [7, 11) is 0. The molecule has 3 rings (SSSR count). The summed E-state index contributed by atoms with van der Waals surface area (Å²) in [6, 6.07) is 12.2. The van der Waals surface area contributed by atoms with Crippen LogP contribution >= 0.6 is 0 Å². The lowest BCUT2D eigenvalue weighted by Crippen LogP contribution is -2.07. The Hall–Kier alpha value is -1.90. The molecule has 3 nitrogen and oxygen atoms in total. The number of pyridine rings is 1. The zero-order valence-electron chi connectivity index (χ0n) is 10.4. The Morgan fingerprint density at radius 3 is 2.67 bits per heavy atom. The molecule has 0 bridgehead atoms. The van der Waals surface area contributed by atoms with E-state index < -0.39 is 0 Å². The maximum atomic E-state index is 4.54. The van der Waals surface area contributed by atoms with Crippen LogP contribution < -0.4 is 5.43 Å². The Morgan fingerprint density at radius 1 is 0.944 bits per heavy atom. The number of fused-ring (bicyclic) bond motifs is 1. The lowest BCUT2D eigenvalue weighted by Gasteiger charge is -2.12. The molecular weight excluding hydrogens is 222 g/mol. The van der Waals surface area contributed by atoms with Crippen LogP contribution in [0.4, 0.5) is 5.82 Å². The van der Waals surface area contributed by atoms with Gasteiger partial charge >= 0.3 is 0 Å². The quantitative estimate of drug-likeness (QED) is 0.805. The highest BCUT2D eigenvalue weighted by Crippen LogP contribution is 2.17. The lowest BCUT2D eigenvalue weighted by molar-refractivity contribution is 0.665. The summed E-state index contributed by atoms with van der Waals surface area (Å²) in [4.78, 5) is 4.54. The van der Waals surface area contributed by atoms with Crippen LogP contribution in [0.3, 0.4) is 0 Å². The van der Waals surface area contributed by atoms with Gasteiger partial charge in [-0.1, -0.05) is 24.6 Å². The SMILES string of the molecule is c1ccc2nc(NN=C3CCCCC3)ccc2c1. The van der Waals surface area contributed by atoms with Gasteiger partial charge in [0.25, 0.3) is 0 Å². The summed E-state index contributed by atoms with van der Waals surface area (Å²) in [6.45, 7) is 0. The molecule has 1 N–H and O–H groups in total. The third kappa shape index (κ3) is 2.50. The number of nitrogens with zero attached hydrogens (tertiary/aromatic N) is 2. The summed E-state index contributed by atoms with van der Waals surface area (Å²) < 4.78 is 0. The molecule has 0 atom stereocenters. The number of aromatic nitrogens is 1. The molecule has 0 aliphatic heterocycles. The minimum Gasteiger partial charge on any atom is -0.261 e.